The molecule has 0 aliphatic carbocycles. The number of fused-ring (bicyclic) bond motifs is 1. The number of carbonyl (C=O) groups excluding carboxylic acids is 1. The van der Waals surface area contributed by atoms with E-state index in [1.54, 1.807) is 0 Å². The first-order valence-electron chi connectivity index (χ1n) is 6.78. The number of aryl methyl sites for hydroxylation is 1. The molecule has 1 aromatic carbocycles. The number of halogens is 1. The Balaban J connectivity index is 1.47. The highest BCUT2D eigenvalue weighted by Crippen LogP contribution is 2.13. The molecule has 1 aliphatic rings. The van der Waals surface area contributed by atoms with Crippen LogP contribution in [0.15, 0.2) is 24.3 Å². The molecule has 110 valence electrons. The summed E-state index contributed by atoms with van der Waals surface area (Å²) in [5.41, 5.74) is 0. The molecular weight excluding hydrogens is 275 g/mol. The van der Waals surface area contributed by atoms with E-state index in [2.05, 4.69) is 15.5 Å². The van der Waals surface area contributed by atoms with E-state index < -0.39 is 0 Å². The molecule has 1 N–H and O–H groups in total. The van der Waals surface area contributed by atoms with E-state index in [9.17, 15) is 9.18 Å². The first kappa shape index (κ1) is 13.5. The van der Waals surface area contributed by atoms with Gasteiger partial charge in [-0.05, 0) is 30.7 Å². The second-order valence-electron chi connectivity index (χ2n) is 4.81. The van der Waals surface area contributed by atoms with Crippen molar-refractivity contribution in [2.24, 2.45) is 0 Å². The van der Waals surface area contributed by atoms with E-state index in [0.717, 1.165) is 31.0 Å². The number of amides is 1. The van der Waals surface area contributed by atoms with Crippen molar-refractivity contribution in [3.63, 3.8) is 0 Å². The van der Waals surface area contributed by atoms with Gasteiger partial charge in [0.25, 0.3) is 5.91 Å². The topological polar surface area (TPSA) is 69.0 Å². The number of nitrogens with zero attached hydrogens (tertiary/aromatic N) is 3. The van der Waals surface area contributed by atoms with Crippen LogP contribution in [0.4, 0.5) is 4.39 Å². The fourth-order valence-corrected chi connectivity index (χ4v) is 2.25. The number of hydrogen-bond acceptors (Lipinski definition) is 4. The van der Waals surface area contributed by atoms with Crippen LogP contribution < -0.4 is 10.1 Å². The van der Waals surface area contributed by atoms with E-state index in [1.807, 2.05) is 4.57 Å². The monoisotopic (exact) mass is 290 g/mol. The highest BCUT2D eigenvalue weighted by atomic mass is 19.1. The van der Waals surface area contributed by atoms with Crippen molar-refractivity contribution < 1.29 is 13.9 Å². The molecule has 7 heteroatoms. The molecule has 0 spiro atoms. The van der Waals surface area contributed by atoms with Gasteiger partial charge in [0.2, 0.25) is 0 Å². The molecule has 1 amide bonds. The molecule has 0 bridgehead atoms. The average molecular weight is 290 g/mol. The maximum Gasteiger partial charge on any atom is 0.258 e. The largest absolute Gasteiger partial charge is 0.484 e. The molecule has 0 radical (unpaired) electrons. The summed E-state index contributed by atoms with van der Waals surface area (Å²) in [4.78, 5) is 11.7. The summed E-state index contributed by atoms with van der Waals surface area (Å²) in [7, 11) is 0. The van der Waals surface area contributed by atoms with Gasteiger partial charge in [-0.25, -0.2) is 4.39 Å². The Labute approximate surface area is 120 Å². The molecule has 2 heterocycles. The SMILES string of the molecule is O=C(COc1ccc(F)cc1)NCc1nnc2n1CCC2. The Kier molecular flexibility index (Phi) is 3.81. The second kappa shape index (κ2) is 5.90. The van der Waals surface area contributed by atoms with Crippen LogP contribution in [0, 0.1) is 5.82 Å². The van der Waals surface area contributed by atoms with Crippen LogP contribution >= 0.6 is 0 Å². The van der Waals surface area contributed by atoms with Crippen molar-refractivity contribution in [3.05, 3.63) is 41.7 Å². The van der Waals surface area contributed by atoms with E-state index in [4.69, 9.17) is 4.74 Å². The number of benzene rings is 1. The number of aromatic nitrogens is 3. The van der Waals surface area contributed by atoms with Gasteiger partial charge < -0.3 is 14.6 Å². The van der Waals surface area contributed by atoms with Crippen molar-refractivity contribution in [2.75, 3.05) is 6.61 Å². The summed E-state index contributed by atoms with van der Waals surface area (Å²) in [6, 6.07) is 5.53. The third-order valence-electron chi connectivity index (χ3n) is 3.31. The van der Waals surface area contributed by atoms with Gasteiger partial charge in [0.1, 0.15) is 17.4 Å². The van der Waals surface area contributed by atoms with E-state index >= 15 is 0 Å². The zero-order valence-electron chi connectivity index (χ0n) is 11.4. The zero-order valence-corrected chi connectivity index (χ0v) is 11.4. The summed E-state index contributed by atoms with van der Waals surface area (Å²) >= 11 is 0. The minimum absolute atomic E-state index is 0.118. The van der Waals surface area contributed by atoms with Crippen LogP contribution in [0.1, 0.15) is 18.1 Å². The molecule has 2 aromatic rings. The van der Waals surface area contributed by atoms with Crippen molar-refractivity contribution in [1.29, 1.82) is 0 Å². The Bertz CT molecular complexity index is 639. The molecule has 0 fully saturated rings. The first-order valence-corrected chi connectivity index (χ1v) is 6.78. The Morgan fingerprint density at radius 2 is 2.14 bits per heavy atom. The molecule has 1 aliphatic heterocycles. The molecule has 6 nitrogen and oxygen atoms in total. The van der Waals surface area contributed by atoms with Gasteiger partial charge in [0, 0.05) is 13.0 Å². The van der Waals surface area contributed by atoms with E-state index in [1.165, 1.54) is 24.3 Å². The average Bonchev–Trinajstić information content (AvgIpc) is 3.08. The molecular formula is C14H15FN4O2. The highest BCUT2D eigenvalue weighted by Gasteiger charge is 2.17. The van der Waals surface area contributed by atoms with Gasteiger partial charge >= 0.3 is 0 Å². The normalized spacial score (nSPS) is 13.0. The molecule has 0 saturated carbocycles. The second-order valence-corrected chi connectivity index (χ2v) is 4.81. The number of nitrogens with one attached hydrogen (secondary N) is 1. The third kappa shape index (κ3) is 3.18. The van der Waals surface area contributed by atoms with E-state index in [0.29, 0.717) is 12.3 Å². The first-order chi connectivity index (χ1) is 10.2. The third-order valence-corrected chi connectivity index (χ3v) is 3.31. The number of carbonyl (C=O) groups is 1. The van der Waals surface area contributed by atoms with Crippen molar-refractivity contribution in [1.82, 2.24) is 20.1 Å². The van der Waals surface area contributed by atoms with Crippen LogP contribution in [-0.2, 0) is 24.3 Å². The minimum Gasteiger partial charge on any atom is -0.484 e. The molecule has 21 heavy (non-hydrogen) atoms. The van der Waals surface area contributed by atoms with Crippen molar-refractivity contribution in [2.45, 2.75) is 25.9 Å². The zero-order chi connectivity index (χ0) is 14.7. The minimum atomic E-state index is -0.340. The number of hydrogen-bond donors (Lipinski definition) is 1. The summed E-state index contributed by atoms with van der Waals surface area (Å²) in [6.07, 6.45) is 2.01. The number of ether oxygens (including phenoxy) is 1. The van der Waals surface area contributed by atoms with Gasteiger partial charge in [-0.2, -0.15) is 0 Å². The maximum absolute atomic E-state index is 12.7. The predicted octanol–water partition coefficient (Wildman–Crippen LogP) is 1.06. The van der Waals surface area contributed by atoms with E-state index in [-0.39, 0.29) is 18.3 Å². The molecule has 0 unspecified atom stereocenters. The van der Waals surface area contributed by atoms with Gasteiger partial charge in [0.15, 0.2) is 12.4 Å². The Hall–Kier alpha value is -2.44. The lowest BCUT2D eigenvalue weighted by atomic mass is 10.3. The summed E-state index contributed by atoms with van der Waals surface area (Å²) in [5, 5.41) is 10.9. The van der Waals surface area contributed by atoms with Crippen LogP contribution in [0.2, 0.25) is 0 Å². The van der Waals surface area contributed by atoms with Crippen LogP contribution in [0.3, 0.4) is 0 Å². The number of rotatable bonds is 5. The fourth-order valence-electron chi connectivity index (χ4n) is 2.25. The van der Waals surface area contributed by atoms with Crippen molar-refractivity contribution >= 4 is 5.91 Å². The highest BCUT2D eigenvalue weighted by molar-refractivity contribution is 5.77. The Morgan fingerprint density at radius 1 is 1.33 bits per heavy atom. The fraction of sp³-hybridized carbons (Fsp3) is 0.357. The van der Waals surface area contributed by atoms with Crippen LogP contribution in [0.25, 0.3) is 0 Å². The smallest absolute Gasteiger partial charge is 0.258 e. The lowest BCUT2D eigenvalue weighted by molar-refractivity contribution is -0.123. The predicted molar refractivity (Wildman–Crippen MR) is 72.1 cm³/mol. The molecule has 0 atom stereocenters. The standard InChI is InChI=1S/C14H15FN4O2/c15-10-3-5-11(6-4-10)21-9-14(20)16-8-13-18-17-12-2-1-7-19(12)13/h3-6H,1-2,7-9H2,(H,16,20). The van der Waals surface area contributed by atoms with Gasteiger partial charge in [0.05, 0.1) is 6.54 Å². The lowest BCUT2D eigenvalue weighted by Crippen LogP contribution is -2.29. The van der Waals surface area contributed by atoms with Crippen molar-refractivity contribution in [3.8, 4) is 5.75 Å². The quantitative estimate of drug-likeness (QED) is 0.894. The van der Waals surface area contributed by atoms with Gasteiger partial charge in [-0.15, -0.1) is 10.2 Å². The van der Waals surface area contributed by atoms with Gasteiger partial charge in [-0.1, -0.05) is 0 Å². The summed E-state index contributed by atoms with van der Waals surface area (Å²) in [6.45, 7) is 1.12. The maximum atomic E-state index is 12.7. The summed E-state index contributed by atoms with van der Waals surface area (Å²) < 4.78 is 20.0. The lowest BCUT2D eigenvalue weighted by Gasteiger charge is -2.07. The summed E-state index contributed by atoms with van der Waals surface area (Å²) in [5.74, 6) is 1.59. The van der Waals surface area contributed by atoms with Crippen LogP contribution in [-0.4, -0.2) is 27.3 Å². The van der Waals surface area contributed by atoms with Crippen LogP contribution in [0.5, 0.6) is 5.75 Å². The Morgan fingerprint density at radius 3 is 2.95 bits per heavy atom. The molecule has 0 saturated heterocycles. The molecule has 1 aromatic heterocycles. The van der Waals surface area contributed by atoms with Gasteiger partial charge in [-0.3, -0.25) is 4.79 Å². The molecule has 3 rings (SSSR count).